The third kappa shape index (κ3) is 7.04. The van der Waals surface area contributed by atoms with E-state index in [-0.39, 0.29) is 23.9 Å². The van der Waals surface area contributed by atoms with Gasteiger partial charge in [0.25, 0.3) is 0 Å². The molecule has 2 aliphatic rings. The van der Waals surface area contributed by atoms with Crippen LogP contribution in [-0.2, 0) is 19.7 Å². The molecular formula is C18H34N4O4S. The maximum Gasteiger partial charge on any atom is 0.336 e. The normalized spacial score (nSPS) is 23.5. The second kappa shape index (κ2) is 10.4. The lowest BCUT2D eigenvalue weighted by molar-refractivity contribution is -0.144. The van der Waals surface area contributed by atoms with Gasteiger partial charge in [-0.2, -0.15) is 4.31 Å². The Morgan fingerprint density at radius 3 is 2.48 bits per heavy atom. The maximum absolute atomic E-state index is 13.0. The minimum atomic E-state index is -3.41. The van der Waals surface area contributed by atoms with Gasteiger partial charge >= 0.3 is 5.97 Å². The van der Waals surface area contributed by atoms with Crippen LogP contribution in [-0.4, -0.2) is 68.4 Å². The molecule has 1 saturated heterocycles. The van der Waals surface area contributed by atoms with Gasteiger partial charge in [0.1, 0.15) is 0 Å². The molecule has 1 heterocycles. The highest BCUT2D eigenvalue weighted by molar-refractivity contribution is 7.89. The molecule has 8 nitrogen and oxygen atoms in total. The van der Waals surface area contributed by atoms with Crippen molar-refractivity contribution in [1.29, 1.82) is 0 Å². The Morgan fingerprint density at radius 2 is 1.81 bits per heavy atom. The summed E-state index contributed by atoms with van der Waals surface area (Å²) in [5.41, 5.74) is 6.03. The summed E-state index contributed by atoms with van der Waals surface area (Å²) in [6.07, 6.45) is 7.87. The van der Waals surface area contributed by atoms with Crippen molar-refractivity contribution >= 4 is 21.8 Å². The van der Waals surface area contributed by atoms with Crippen molar-refractivity contribution in [3.8, 4) is 0 Å². The number of oxime groups is 1. The number of nitrogens with zero attached hydrogens (tertiary/aromatic N) is 3. The first-order valence-corrected chi connectivity index (χ1v) is 11.6. The van der Waals surface area contributed by atoms with Crippen LogP contribution in [0.5, 0.6) is 0 Å². The first kappa shape index (κ1) is 22.1. The van der Waals surface area contributed by atoms with Crippen molar-refractivity contribution in [2.75, 3.05) is 32.9 Å². The van der Waals surface area contributed by atoms with Crippen LogP contribution in [0.2, 0.25) is 0 Å². The van der Waals surface area contributed by atoms with E-state index < -0.39 is 22.0 Å². The Bertz CT molecular complexity index is 615. The number of nitrogens with two attached hydrogens (primary N) is 1. The van der Waals surface area contributed by atoms with E-state index in [0.29, 0.717) is 19.5 Å². The van der Waals surface area contributed by atoms with Gasteiger partial charge in [0.05, 0.1) is 18.2 Å². The number of amidine groups is 1. The van der Waals surface area contributed by atoms with Gasteiger partial charge < -0.3 is 15.5 Å². The first-order valence-electron chi connectivity index (χ1n) is 9.97. The van der Waals surface area contributed by atoms with Crippen LogP contribution in [0.25, 0.3) is 0 Å². The minimum Gasteiger partial charge on any atom is -0.383 e. The summed E-state index contributed by atoms with van der Waals surface area (Å²) in [4.78, 5) is 18.5. The maximum atomic E-state index is 13.0. The molecule has 27 heavy (non-hydrogen) atoms. The van der Waals surface area contributed by atoms with E-state index in [2.05, 4.69) is 5.16 Å². The Morgan fingerprint density at radius 1 is 1.15 bits per heavy atom. The Labute approximate surface area is 163 Å². The fourth-order valence-electron chi connectivity index (χ4n) is 3.81. The molecule has 0 aromatic heterocycles. The van der Waals surface area contributed by atoms with E-state index in [4.69, 9.17) is 10.6 Å². The van der Waals surface area contributed by atoms with Gasteiger partial charge in [-0.3, -0.25) is 0 Å². The van der Waals surface area contributed by atoms with Crippen LogP contribution in [0, 0.1) is 5.92 Å². The molecule has 2 fully saturated rings. The third-order valence-corrected chi connectivity index (χ3v) is 7.38. The average Bonchev–Trinajstić information content (AvgIpc) is 2.65. The molecule has 2 rings (SSSR count). The summed E-state index contributed by atoms with van der Waals surface area (Å²) < 4.78 is 27.5. The molecule has 0 unspecified atom stereocenters. The Hall–Kier alpha value is -1.19. The zero-order valence-electron chi connectivity index (χ0n) is 16.6. The lowest BCUT2D eigenvalue weighted by atomic mass is 9.91. The quantitative estimate of drug-likeness (QED) is 0.286. The van der Waals surface area contributed by atoms with Crippen LogP contribution in [0.1, 0.15) is 57.8 Å². The van der Waals surface area contributed by atoms with Gasteiger partial charge in [-0.25, -0.2) is 13.2 Å². The van der Waals surface area contributed by atoms with Crippen molar-refractivity contribution in [2.45, 2.75) is 63.8 Å². The topological polar surface area (TPSA) is 105 Å². The van der Waals surface area contributed by atoms with E-state index in [0.717, 1.165) is 38.5 Å². The monoisotopic (exact) mass is 402 g/mol. The summed E-state index contributed by atoms with van der Waals surface area (Å²) in [5.74, 6) is 0.00639. The van der Waals surface area contributed by atoms with Crippen molar-refractivity contribution < 1.29 is 18.0 Å². The predicted octanol–water partition coefficient (Wildman–Crippen LogP) is 1.52. The highest BCUT2D eigenvalue weighted by atomic mass is 32.2. The van der Waals surface area contributed by atoms with Crippen LogP contribution in [0.4, 0.5) is 0 Å². The predicted molar refractivity (Wildman–Crippen MR) is 106 cm³/mol. The molecule has 1 saturated carbocycles. The van der Waals surface area contributed by atoms with Crippen LogP contribution < -0.4 is 5.73 Å². The van der Waals surface area contributed by atoms with Crippen molar-refractivity contribution in [3.05, 3.63) is 0 Å². The van der Waals surface area contributed by atoms with Gasteiger partial charge in [0.15, 0.2) is 5.84 Å². The third-order valence-electron chi connectivity index (χ3n) is 5.34. The number of hydrogen-bond acceptors (Lipinski definition) is 6. The number of carbonyl (C=O) groups is 1. The van der Waals surface area contributed by atoms with Crippen LogP contribution >= 0.6 is 0 Å². The summed E-state index contributed by atoms with van der Waals surface area (Å²) >= 11 is 0. The number of piperidine rings is 1. The molecule has 1 atom stereocenters. The number of sulfonamides is 1. The van der Waals surface area contributed by atoms with Gasteiger partial charge in [-0.05, 0) is 45.7 Å². The minimum absolute atomic E-state index is 0.0696. The molecule has 0 aromatic carbocycles. The molecule has 0 bridgehead atoms. The standard InChI is InChI=1S/C18H34N4O4S/c1-21(2)13-11-17(23)26-20-18(19)16-10-6-7-12-22(16)27(24,25)14-15-8-4-3-5-9-15/h15-16H,3-14H2,1-2H3,(H2,19,20)/t16-/m0/s1. The van der Waals surface area contributed by atoms with Crippen molar-refractivity contribution in [2.24, 2.45) is 16.8 Å². The van der Waals surface area contributed by atoms with E-state index in [9.17, 15) is 13.2 Å². The van der Waals surface area contributed by atoms with E-state index in [1.54, 1.807) is 0 Å². The zero-order chi connectivity index (χ0) is 19.9. The van der Waals surface area contributed by atoms with Gasteiger partial charge in [0, 0.05) is 13.1 Å². The average molecular weight is 403 g/mol. The molecule has 9 heteroatoms. The molecule has 0 radical (unpaired) electrons. The lowest BCUT2D eigenvalue weighted by Gasteiger charge is -2.35. The Kier molecular flexibility index (Phi) is 8.50. The molecule has 1 aliphatic heterocycles. The second-order valence-electron chi connectivity index (χ2n) is 7.94. The zero-order valence-corrected chi connectivity index (χ0v) is 17.4. The smallest absolute Gasteiger partial charge is 0.336 e. The Balaban J connectivity index is 1.99. The summed E-state index contributed by atoms with van der Waals surface area (Å²) in [6, 6.07) is -0.519. The summed E-state index contributed by atoms with van der Waals surface area (Å²) in [6.45, 7) is 1.00. The molecule has 156 valence electrons. The van der Waals surface area contributed by atoms with E-state index >= 15 is 0 Å². The van der Waals surface area contributed by atoms with Gasteiger partial charge in [-0.1, -0.05) is 30.8 Å². The fourth-order valence-corrected chi connectivity index (χ4v) is 5.93. The molecule has 0 amide bonds. The van der Waals surface area contributed by atoms with Gasteiger partial charge in [-0.15, -0.1) is 0 Å². The fraction of sp³-hybridized carbons (Fsp3) is 0.889. The number of hydrogen-bond donors (Lipinski definition) is 1. The van der Waals surface area contributed by atoms with Gasteiger partial charge in [0.2, 0.25) is 10.0 Å². The summed E-state index contributed by atoms with van der Waals surface area (Å²) in [5, 5.41) is 3.76. The SMILES string of the molecule is CN(C)CCC(=O)O/N=C(\N)[C@@H]1CCCCN1S(=O)(=O)CC1CCCCC1. The van der Waals surface area contributed by atoms with Crippen molar-refractivity contribution in [1.82, 2.24) is 9.21 Å². The molecule has 1 aliphatic carbocycles. The molecule has 0 spiro atoms. The number of rotatable bonds is 8. The highest BCUT2D eigenvalue weighted by Crippen LogP contribution is 2.28. The first-order chi connectivity index (χ1) is 12.8. The van der Waals surface area contributed by atoms with Crippen LogP contribution in [0.15, 0.2) is 5.16 Å². The largest absolute Gasteiger partial charge is 0.383 e. The molecule has 0 aromatic rings. The highest BCUT2D eigenvalue weighted by Gasteiger charge is 2.36. The van der Waals surface area contributed by atoms with Crippen LogP contribution in [0.3, 0.4) is 0 Å². The molecule has 2 N–H and O–H groups in total. The second-order valence-corrected chi connectivity index (χ2v) is 9.90. The lowest BCUT2D eigenvalue weighted by Crippen LogP contribution is -2.51. The van der Waals surface area contributed by atoms with E-state index in [1.165, 1.54) is 10.7 Å². The molecular weight excluding hydrogens is 368 g/mol. The summed E-state index contributed by atoms with van der Waals surface area (Å²) in [7, 11) is 0.314. The van der Waals surface area contributed by atoms with Crippen molar-refractivity contribution in [3.63, 3.8) is 0 Å². The van der Waals surface area contributed by atoms with E-state index in [1.807, 2.05) is 19.0 Å². The number of carbonyl (C=O) groups excluding carboxylic acids is 1.